The fourth-order valence-corrected chi connectivity index (χ4v) is 1.65. The number of unbranched alkanes of at least 4 members (excludes halogenated alkanes) is 1. The third kappa shape index (κ3) is 6.23. The van der Waals surface area contributed by atoms with E-state index in [0.29, 0.717) is 30.8 Å². The predicted molar refractivity (Wildman–Crippen MR) is 66.7 cm³/mol. The van der Waals surface area contributed by atoms with E-state index in [0.717, 1.165) is 6.26 Å². The molecule has 1 rings (SSSR count). The standard InChI is InChI=1S/C12H15NO4S/c1-18(14,15)17-9-3-2-8-16-12-6-4-11(10-13)5-7-12/h4-7H,2-3,8-9H2,1H3. The third-order valence-corrected chi connectivity index (χ3v) is 2.68. The highest BCUT2D eigenvalue weighted by molar-refractivity contribution is 7.85. The average molecular weight is 269 g/mol. The molecule has 0 aromatic heterocycles. The van der Waals surface area contributed by atoms with Gasteiger partial charge >= 0.3 is 0 Å². The molecular weight excluding hydrogens is 254 g/mol. The lowest BCUT2D eigenvalue weighted by atomic mass is 10.2. The number of benzene rings is 1. The van der Waals surface area contributed by atoms with Crippen molar-refractivity contribution in [3.63, 3.8) is 0 Å². The molecule has 0 saturated carbocycles. The summed E-state index contributed by atoms with van der Waals surface area (Å²) in [5.41, 5.74) is 0.587. The molecule has 98 valence electrons. The zero-order chi connectivity index (χ0) is 13.4. The summed E-state index contributed by atoms with van der Waals surface area (Å²) >= 11 is 0. The number of hydrogen-bond donors (Lipinski definition) is 0. The summed E-state index contributed by atoms with van der Waals surface area (Å²) < 4.78 is 31.3. The molecule has 0 spiro atoms. The molecule has 0 aliphatic carbocycles. The lowest BCUT2D eigenvalue weighted by Gasteiger charge is -2.05. The summed E-state index contributed by atoms with van der Waals surface area (Å²) in [4.78, 5) is 0. The van der Waals surface area contributed by atoms with Crippen LogP contribution in [0.25, 0.3) is 0 Å². The van der Waals surface area contributed by atoms with Gasteiger partial charge in [0, 0.05) is 0 Å². The molecule has 18 heavy (non-hydrogen) atoms. The number of hydrogen-bond acceptors (Lipinski definition) is 5. The van der Waals surface area contributed by atoms with E-state index < -0.39 is 10.1 Å². The summed E-state index contributed by atoms with van der Waals surface area (Å²) in [5, 5.41) is 8.61. The molecule has 1 aromatic rings. The second-order valence-electron chi connectivity index (χ2n) is 3.72. The summed E-state index contributed by atoms with van der Waals surface area (Å²) in [6.07, 6.45) is 2.35. The Labute approximate surface area is 107 Å². The molecule has 0 unspecified atom stereocenters. The van der Waals surface area contributed by atoms with Crippen LogP contribution in [-0.4, -0.2) is 27.9 Å². The van der Waals surface area contributed by atoms with Gasteiger partial charge in [-0.15, -0.1) is 0 Å². The van der Waals surface area contributed by atoms with Gasteiger partial charge in [-0.25, -0.2) is 0 Å². The Morgan fingerprint density at radius 3 is 2.33 bits per heavy atom. The zero-order valence-corrected chi connectivity index (χ0v) is 10.9. The maximum atomic E-state index is 10.7. The van der Waals surface area contributed by atoms with Crippen LogP contribution in [0.3, 0.4) is 0 Å². The van der Waals surface area contributed by atoms with Gasteiger partial charge in [-0.2, -0.15) is 13.7 Å². The van der Waals surface area contributed by atoms with E-state index in [-0.39, 0.29) is 6.61 Å². The minimum atomic E-state index is -3.34. The first kappa shape index (κ1) is 14.5. The van der Waals surface area contributed by atoms with Crippen molar-refractivity contribution in [3.05, 3.63) is 29.8 Å². The number of ether oxygens (including phenoxy) is 1. The van der Waals surface area contributed by atoms with E-state index in [2.05, 4.69) is 4.18 Å². The van der Waals surface area contributed by atoms with Gasteiger partial charge in [0.1, 0.15) is 5.75 Å². The van der Waals surface area contributed by atoms with E-state index in [4.69, 9.17) is 10.00 Å². The van der Waals surface area contributed by atoms with E-state index in [1.54, 1.807) is 24.3 Å². The van der Waals surface area contributed by atoms with Crippen molar-refractivity contribution in [2.24, 2.45) is 0 Å². The Bertz CT molecular complexity index is 502. The summed E-state index contributed by atoms with van der Waals surface area (Å²) in [6.45, 7) is 0.661. The molecular formula is C12H15NO4S. The molecule has 0 N–H and O–H groups in total. The SMILES string of the molecule is CS(=O)(=O)OCCCCOc1ccc(C#N)cc1. The molecule has 0 radical (unpaired) electrons. The number of nitrogens with zero attached hydrogens (tertiary/aromatic N) is 1. The van der Waals surface area contributed by atoms with E-state index in [1.165, 1.54) is 0 Å². The highest BCUT2D eigenvalue weighted by atomic mass is 32.2. The smallest absolute Gasteiger partial charge is 0.264 e. The lowest BCUT2D eigenvalue weighted by Crippen LogP contribution is -2.05. The zero-order valence-electron chi connectivity index (χ0n) is 10.1. The Balaban J connectivity index is 2.16. The van der Waals surface area contributed by atoms with Crippen molar-refractivity contribution in [1.29, 1.82) is 5.26 Å². The monoisotopic (exact) mass is 269 g/mol. The Morgan fingerprint density at radius 2 is 1.78 bits per heavy atom. The van der Waals surface area contributed by atoms with Gasteiger partial charge < -0.3 is 4.74 Å². The van der Waals surface area contributed by atoms with Crippen molar-refractivity contribution in [1.82, 2.24) is 0 Å². The number of rotatable bonds is 7. The maximum absolute atomic E-state index is 10.7. The van der Waals surface area contributed by atoms with Crippen LogP contribution in [0.5, 0.6) is 5.75 Å². The molecule has 5 nitrogen and oxygen atoms in total. The minimum Gasteiger partial charge on any atom is -0.494 e. The topological polar surface area (TPSA) is 76.4 Å². The fraction of sp³-hybridized carbons (Fsp3) is 0.417. The van der Waals surface area contributed by atoms with E-state index in [9.17, 15) is 8.42 Å². The van der Waals surface area contributed by atoms with Gasteiger partial charge in [0.25, 0.3) is 10.1 Å². The van der Waals surface area contributed by atoms with Crippen LogP contribution >= 0.6 is 0 Å². The largest absolute Gasteiger partial charge is 0.494 e. The molecule has 0 bridgehead atoms. The van der Waals surface area contributed by atoms with Crippen LogP contribution in [-0.2, 0) is 14.3 Å². The predicted octanol–water partition coefficient (Wildman–Crippen LogP) is 1.69. The van der Waals surface area contributed by atoms with Crippen molar-refractivity contribution in [2.75, 3.05) is 19.5 Å². The fourth-order valence-electron chi connectivity index (χ4n) is 1.23. The molecule has 0 aliphatic heterocycles. The molecule has 0 fully saturated rings. The van der Waals surface area contributed by atoms with Gasteiger partial charge in [-0.05, 0) is 37.1 Å². The van der Waals surface area contributed by atoms with Gasteiger partial charge in [0.2, 0.25) is 0 Å². The van der Waals surface area contributed by atoms with E-state index >= 15 is 0 Å². The van der Waals surface area contributed by atoms with Crippen molar-refractivity contribution in [2.45, 2.75) is 12.8 Å². The second-order valence-corrected chi connectivity index (χ2v) is 5.36. The van der Waals surface area contributed by atoms with Gasteiger partial charge in [0.05, 0.1) is 31.1 Å². The Hall–Kier alpha value is -1.58. The highest BCUT2D eigenvalue weighted by Gasteiger charge is 2.00. The highest BCUT2D eigenvalue weighted by Crippen LogP contribution is 2.11. The first-order chi connectivity index (χ1) is 8.51. The van der Waals surface area contributed by atoms with Crippen molar-refractivity contribution in [3.8, 4) is 11.8 Å². The van der Waals surface area contributed by atoms with Crippen molar-refractivity contribution >= 4 is 10.1 Å². The third-order valence-electron chi connectivity index (χ3n) is 2.09. The Morgan fingerprint density at radius 1 is 1.17 bits per heavy atom. The molecule has 0 atom stereocenters. The van der Waals surface area contributed by atoms with Gasteiger partial charge in [-0.1, -0.05) is 0 Å². The second kappa shape index (κ2) is 6.99. The normalized spacial score (nSPS) is 10.9. The van der Waals surface area contributed by atoms with Crippen molar-refractivity contribution < 1.29 is 17.3 Å². The molecule has 6 heteroatoms. The molecule has 0 heterocycles. The summed E-state index contributed by atoms with van der Waals surface area (Å²) in [5.74, 6) is 0.693. The van der Waals surface area contributed by atoms with Crippen LogP contribution in [0, 0.1) is 11.3 Å². The summed E-state index contributed by atoms with van der Waals surface area (Å²) in [6, 6.07) is 8.84. The Kier molecular flexibility index (Phi) is 5.62. The quantitative estimate of drug-likeness (QED) is 0.556. The molecule has 0 aliphatic rings. The van der Waals surface area contributed by atoms with Crippen LogP contribution in [0.1, 0.15) is 18.4 Å². The maximum Gasteiger partial charge on any atom is 0.264 e. The minimum absolute atomic E-state index is 0.176. The first-order valence-electron chi connectivity index (χ1n) is 5.48. The average Bonchev–Trinajstić information content (AvgIpc) is 2.33. The number of nitriles is 1. The first-order valence-corrected chi connectivity index (χ1v) is 7.30. The lowest BCUT2D eigenvalue weighted by molar-refractivity contribution is 0.270. The van der Waals surface area contributed by atoms with Crippen LogP contribution in [0.15, 0.2) is 24.3 Å². The molecule has 0 amide bonds. The van der Waals surface area contributed by atoms with Crippen LogP contribution < -0.4 is 4.74 Å². The summed E-state index contributed by atoms with van der Waals surface area (Å²) in [7, 11) is -3.34. The van der Waals surface area contributed by atoms with Crippen LogP contribution in [0.4, 0.5) is 0 Å². The molecule has 1 aromatic carbocycles. The van der Waals surface area contributed by atoms with E-state index in [1.807, 2.05) is 6.07 Å². The van der Waals surface area contributed by atoms with Gasteiger partial charge in [0.15, 0.2) is 0 Å². The van der Waals surface area contributed by atoms with Gasteiger partial charge in [-0.3, -0.25) is 4.18 Å². The van der Waals surface area contributed by atoms with Crippen LogP contribution in [0.2, 0.25) is 0 Å². The molecule has 0 saturated heterocycles.